The minimum absolute atomic E-state index is 0.266. The molecule has 3 rings (SSSR count). The minimum atomic E-state index is 0.266. The molecule has 0 saturated carbocycles. The number of thiophene rings is 2. The molecular weight excluding hydrogens is 284 g/mol. The van der Waals surface area contributed by atoms with Crippen LogP contribution in [0.5, 0.6) is 5.75 Å². The molecule has 0 fully saturated rings. The highest BCUT2D eigenvalue weighted by Gasteiger charge is 2.03. The summed E-state index contributed by atoms with van der Waals surface area (Å²) < 4.78 is 0. The van der Waals surface area contributed by atoms with Crippen molar-refractivity contribution in [1.82, 2.24) is 0 Å². The van der Waals surface area contributed by atoms with Gasteiger partial charge in [-0.3, -0.25) is 0 Å². The SMILES string of the molecule is Cc1ccc(-c2ccc(C#Cc3ccc(O)cc3)s2)s1. The van der Waals surface area contributed by atoms with Crippen LogP contribution >= 0.6 is 22.7 Å². The lowest BCUT2D eigenvalue weighted by Crippen LogP contribution is -1.72. The van der Waals surface area contributed by atoms with Gasteiger partial charge >= 0.3 is 0 Å². The third kappa shape index (κ3) is 2.93. The van der Waals surface area contributed by atoms with Gasteiger partial charge in [-0.05, 0) is 55.5 Å². The Morgan fingerprint density at radius 1 is 0.800 bits per heavy atom. The number of rotatable bonds is 1. The minimum Gasteiger partial charge on any atom is -0.508 e. The summed E-state index contributed by atoms with van der Waals surface area (Å²) in [6, 6.07) is 15.4. The van der Waals surface area contributed by atoms with E-state index in [0.717, 1.165) is 10.4 Å². The van der Waals surface area contributed by atoms with Gasteiger partial charge in [0, 0.05) is 20.2 Å². The van der Waals surface area contributed by atoms with Crippen molar-refractivity contribution in [3.8, 4) is 27.3 Å². The van der Waals surface area contributed by atoms with Crippen LogP contribution in [0, 0.1) is 18.8 Å². The lowest BCUT2D eigenvalue weighted by atomic mass is 10.2. The molecule has 1 aromatic carbocycles. The van der Waals surface area contributed by atoms with Gasteiger partial charge in [-0.2, -0.15) is 0 Å². The van der Waals surface area contributed by atoms with Gasteiger partial charge in [0.2, 0.25) is 0 Å². The summed E-state index contributed by atoms with van der Waals surface area (Å²) in [6.07, 6.45) is 0. The van der Waals surface area contributed by atoms with Gasteiger partial charge in [0.15, 0.2) is 0 Å². The first-order chi connectivity index (χ1) is 9.70. The smallest absolute Gasteiger partial charge is 0.115 e. The zero-order valence-electron chi connectivity index (χ0n) is 10.9. The van der Waals surface area contributed by atoms with Crippen molar-refractivity contribution in [3.05, 3.63) is 63.8 Å². The summed E-state index contributed by atoms with van der Waals surface area (Å²) in [5, 5.41) is 9.23. The van der Waals surface area contributed by atoms with Gasteiger partial charge in [-0.1, -0.05) is 11.8 Å². The molecule has 0 spiro atoms. The van der Waals surface area contributed by atoms with E-state index >= 15 is 0 Å². The third-order valence-corrected chi connectivity index (χ3v) is 4.98. The number of hydrogen-bond acceptors (Lipinski definition) is 3. The monoisotopic (exact) mass is 296 g/mol. The number of phenols is 1. The van der Waals surface area contributed by atoms with Gasteiger partial charge in [0.1, 0.15) is 5.75 Å². The molecule has 98 valence electrons. The van der Waals surface area contributed by atoms with Crippen LogP contribution in [-0.2, 0) is 0 Å². The van der Waals surface area contributed by atoms with Crippen LogP contribution < -0.4 is 0 Å². The molecule has 1 nitrogen and oxygen atoms in total. The Kier molecular flexibility index (Phi) is 3.60. The van der Waals surface area contributed by atoms with Crippen molar-refractivity contribution < 1.29 is 5.11 Å². The van der Waals surface area contributed by atoms with E-state index < -0.39 is 0 Å². The van der Waals surface area contributed by atoms with Gasteiger partial charge in [0.25, 0.3) is 0 Å². The topological polar surface area (TPSA) is 20.2 Å². The maximum atomic E-state index is 9.23. The van der Waals surface area contributed by atoms with Crippen molar-refractivity contribution in [3.63, 3.8) is 0 Å². The molecule has 3 heteroatoms. The van der Waals surface area contributed by atoms with E-state index in [0.29, 0.717) is 0 Å². The molecule has 0 bridgehead atoms. The standard InChI is InChI=1S/C17H12OS2/c1-12-2-10-16(19-12)17-11-9-15(20-17)8-5-13-3-6-14(18)7-4-13/h2-4,6-7,9-11,18H,1H3. The first-order valence-electron chi connectivity index (χ1n) is 6.18. The normalized spacial score (nSPS) is 10.1. The number of aromatic hydroxyl groups is 1. The van der Waals surface area contributed by atoms with Crippen LogP contribution in [0.25, 0.3) is 9.75 Å². The van der Waals surface area contributed by atoms with Crippen molar-refractivity contribution in [1.29, 1.82) is 0 Å². The van der Waals surface area contributed by atoms with E-state index in [-0.39, 0.29) is 5.75 Å². The molecule has 0 saturated heterocycles. The van der Waals surface area contributed by atoms with Crippen LogP contribution in [-0.4, -0.2) is 5.11 Å². The number of phenolic OH excluding ortho intramolecular Hbond substituents is 1. The van der Waals surface area contributed by atoms with Crippen LogP contribution in [0.1, 0.15) is 15.3 Å². The molecule has 0 amide bonds. The summed E-state index contributed by atoms with van der Waals surface area (Å²) in [5.74, 6) is 6.55. The fraction of sp³-hybridized carbons (Fsp3) is 0.0588. The molecule has 20 heavy (non-hydrogen) atoms. The van der Waals surface area contributed by atoms with E-state index in [1.807, 2.05) is 12.1 Å². The van der Waals surface area contributed by atoms with Gasteiger partial charge in [-0.25, -0.2) is 0 Å². The van der Waals surface area contributed by atoms with Crippen molar-refractivity contribution in [2.45, 2.75) is 6.92 Å². The molecule has 0 radical (unpaired) electrons. The molecule has 0 aliphatic carbocycles. The second-order valence-corrected chi connectivity index (χ2v) is 6.74. The van der Waals surface area contributed by atoms with E-state index in [4.69, 9.17) is 0 Å². The Balaban J connectivity index is 1.83. The van der Waals surface area contributed by atoms with Gasteiger partial charge in [-0.15, -0.1) is 22.7 Å². The summed E-state index contributed by atoms with van der Waals surface area (Å²) in [6.45, 7) is 2.12. The first kappa shape index (κ1) is 13.0. The molecule has 0 unspecified atom stereocenters. The predicted molar refractivity (Wildman–Crippen MR) is 86.5 cm³/mol. The quantitative estimate of drug-likeness (QED) is 0.634. The average Bonchev–Trinajstić information content (AvgIpc) is 3.07. The first-order valence-corrected chi connectivity index (χ1v) is 7.82. The zero-order valence-corrected chi connectivity index (χ0v) is 12.5. The molecule has 0 aliphatic heterocycles. The second-order valence-electron chi connectivity index (χ2n) is 4.37. The average molecular weight is 296 g/mol. The lowest BCUT2D eigenvalue weighted by Gasteiger charge is -1.90. The van der Waals surface area contributed by atoms with Gasteiger partial charge in [0.05, 0.1) is 4.88 Å². The second kappa shape index (κ2) is 5.54. The third-order valence-electron chi connectivity index (χ3n) is 2.79. The van der Waals surface area contributed by atoms with Gasteiger partial charge < -0.3 is 5.11 Å². The summed E-state index contributed by atoms with van der Waals surface area (Å²) in [7, 11) is 0. The molecule has 2 heterocycles. The number of aryl methyl sites for hydroxylation is 1. The molecule has 3 aromatic rings. The van der Waals surface area contributed by atoms with Crippen molar-refractivity contribution >= 4 is 22.7 Å². The van der Waals surface area contributed by atoms with Crippen molar-refractivity contribution in [2.75, 3.05) is 0 Å². The highest BCUT2D eigenvalue weighted by Crippen LogP contribution is 2.32. The number of hydrogen-bond donors (Lipinski definition) is 1. The largest absolute Gasteiger partial charge is 0.508 e. The van der Waals surface area contributed by atoms with Crippen LogP contribution in [0.3, 0.4) is 0 Å². The molecule has 0 atom stereocenters. The van der Waals surface area contributed by atoms with E-state index in [9.17, 15) is 5.11 Å². The molecule has 2 aromatic heterocycles. The van der Waals surface area contributed by atoms with E-state index in [1.165, 1.54) is 14.6 Å². The van der Waals surface area contributed by atoms with Crippen LogP contribution in [0.15, 0.2) is 48.5 Å². The molecule has 0 aliphatic rings. The summed E-state index contributed by atoms with van der Waals surface area (Å²) in [4.78, 5) is 4.94. The summed E-state index contributed by atoms with van der Waals surface area (Å²) >= 11 is 3.51. The molecule has 1 N–H and O–H groups in total. The van der Waals surface area contributed by atoms with E-state index in [2.05, 4.69) is 43.0 Å². The Labute approximate surface area is 126 Å². The highest BCUT2D eigenvalue weighted by atomic mass is 32.1. The van der Waals surface area contributed by atoms with Crippen LogP contribution in [0.2, 0.25) is 0 Å². The number of benzene rings is 1. The fourth-order valence-electron chi connectivity index (χ4n) is 1.78. The lowest BCUT2D eigenvalue weighted by molar-refractivity contribution is 0.475. The zero-order chi connectivity index (χ0) is 13.9. The maximum Gasteiger partial charge on any atom is 0.115 e. The Bertz CT molecular complexity index is 782. The highest BCUT2D eigenvalue weighted by molar-refractivity contribution is 7.22. The Hall–Kier alpha value is -2.02. The Morgan fingerprint density at radius 2 is 1.50 bits per heavy atom. The maximum absolute atomic E-state index is 9.23. The predicted octanol–water partition coefficient (Wildman–Crippen LogP) is 4.89. The Morgan fingerprint density at radius 3 is 2.20 bits per heavy atom. The van der Waals surface area contributed by atoms with Crippen LogP contribution in [0.4, 0.5) is 0 Å². The fourth-order valence-corrected chi connectivity index (χ4v) is 3.60. The molecular formula is C17H12OS2. The van der Waals surface area contributed by atoms with E-state index in [1.54, 1.807) is 34.8 Å². The van der Waals surface area contributed by atoms with Crippen molar-refractivity contribution in [2.24, 2.45) is 0 Å². The summed E-state index contributed by atoms with van der Waals surface area (Å²) in [5.41, 5.74) is 0.907.